The van der Waals surface area contributed by atoms with E-state index in [-0.39, 0.29) is 12.5 Å². The molecule has 0 bridgehead atoms. The number of carbonyl (C=O) groups is 2. The third-order valence-electron chi connectivity index (χ3n) is 2.02. The van der Waals surface area contributed by atoms with Gasteiger partial charge in [-0.3, -0.25) is 0 Å². The summed E-state index contributed by atoms with van der Waals surface area (Å²) in [6, 6.07) is 0. The molecule has 1 aliphatic rings. The maximum Gasteiger partial charge on any atom is 0.377 e. The smallest absolute Gasteiger partial charge is 0.377 e. The van der Waals surface area contributed by atoms with Crippen LogP contribution in [0.3, 0.4) is 0 Å². The van der Waals surface area contributed by atoms with E-state index in [1.807, 2.05) is 0 Å². The van der Waals surface area contributed by atoms with Crippen LogP contribution in [0.1, 0.15) is 26.7 Å². The number of alkyl halides is 2. The van der Waals surface area contributed by atoms with E-state index >= 15 is 0 Å². The number of hydrogen-bond acceptors (Lipinski definition) is 4. The maximum absolute atomic E-state index is 12.4. The highest BCUT2D eigenvalue weighted by molar-refractivity contribution is 5.82. The molecule has 1 saturated heterocycles. The van der Waals surface area contributed by atoms with Crippen molar-refractivity contribution in [2.45, 2.75) is 44.8 Å². The second kappa shape index (κ2) is 4.12. The zero-order valence-electron chi connectivity index (χ0n) is 8.46. The Balaban J connectivity index is 2.53. The number of halogens is 2. The van der Waals surface area contributed by atoms with Crippen LogP contribution in [-0.2, 0) is 19.1 Å². The molecule has 86 valence electrons. The molecule has 2 atom stereocenters. The Bertz CT molecular complexity index is 272. The first kappa shape index (κ1) is 11.9. The molecule has 1 rings (SSSR count). The van der Waals surface area contributed by atoms with E-state index in [4.69, 9.17) is 4.74 Å². The third kappa shape index (κ3) is 3.14. The van der Waals surface area contributed by atoms with Crippen molar-refractivity contribution < 1.29 is 27.8 Å². The number of rotatable bonds is 2. The van der Waals surface area contributed by atoms with Gasteiger partial charge in [0.2, 0.25) is 0 Å². The van der Waals surface area contributed by atoms with Crippen LogP contribution in [0.5, 0.6) is 0 Å². The Morgan fingerprint density at radius 2 is 2.13 bits per heavy atom. The summed E-state index contributed by atoms with van der Waals surface area (Å²) in [7, 11) is 0. The molecule has 1 fully saturated rings. The second-order valence-corrected chi connectivity index (χ2v) is 3.61. The average Bonchev–Trinajstić information content (AvgIpc) is 2.08. The normalized spacial score (nSPS) is 27.1. The summed E-state index contributed by atoms with van der Waals surface area (Å²) in [6.45, 7) is 2.11. The van der Waals surface area contributed by atoms with Crippen molar-refractivity contribution in [1.29, 1.82) is 0 Å². The molecule has 0 aliphatic carbocycles. The Morgan fingerprint density at radius 1 is 1.53 bits per heavy atom. The lowest BCUT2D eigenvalue weighted by Gasteiger charge is -2.26. The molecule has 0 saturated carbocycles. The number of carbonyl (C=O) groups excluding carboxylic acids is 2. The zero-order valence-corrected chi connectivity index (χ0v) is 8.46. The van der Waals surface area contributed by atoms with Gasteiger partial charge in [-0.2, -0.15) is 8.78 Å². The Labute approximate surface area is 85.5 Å². The van der Waals surface area contributed by atoms with Crippen molar-refractivity contribution in [3.8, 4) is 0 Å². The summed E-state index contributed by atoms with van der Waals surface area (Å²) in [6.07, 6.45) is -0.727. The number of hydrogen-bond donors (Lipinski definition) is 0. The van der Waals surface area contributed by atoms with E-state index in [2.05, 4.69) is 4.74 Å². The third-order valence-corrected chi connectivity index (χ3v) is 2.02. The number of ether oxygens (including phenoxy) is 2. The van der Waals surface area contributed by atoms with Gasteiger partial charge in [0.25, 0.3) is 0 Å². The topological polar surface area (TPSA) is 52.6 Å². The van der Waals surface area contributed by atoms with Gasteiger partial charge in [-0.05, 0) is 19.8 Å². The van der Waals surface area contributed by atoms with E-state index in [0.717, 1.165) is 0 Å². The quantitative estimate of drug-likeness (QED) is 0.660. The van der Waals surface area contributed by atoms with E-state index in [9.17, 15) is 18.4 Å². The van der Waals surface area contributed by atoms with Crippen molar-refractivity contribution in [1.82, 2.24) is 0 Å². The van der Waals surface area contributed by atoms with Crippen LogP contribution >= 0.6 is 0 Å². The van der Waals surface area contributed by atoms with Crippen LogP contribution < -0.4 is 0 Å². The SMILES string of the molecule is CC1CCC(OC(=O)C(C)(F)F)C(=O)O1. The van der Waals surface area contributed by atoms with Crippen molar-refractivity contribution in [2.75, 3.05) is 0 Å². The summed E-state index contributed by atoms with van der Waals surface area (Å²) in [5, 5.41) is 0. The molecule has 0 aromatic heterocycles. The minimum Gasteiger partial charge on any atom is -0.460 e. The lowest BCUT2D eigenvalue weighted by Crippen LogP contribution is -2.40. The van der Waals surface area contributed by atoms with Gasteiger partial charge in [0, 0.05) is 6.92 Å². The molecular formula is C9H12F2O4. The summed E-state index contributed by atoms with van der Waals surface area (Å²) in [5.74, 6) is -6.03. The number of cyclic esters (lactones) is 1. The van der Waals surface area contributed by atoms with Gasteiger partial charge in [0.15, 0.2) is 6.10 Å². The van der Waals surface area contributed by atoms with Crippen molar-refractivity contribution in [2.24, 2.45) is 0 Å². The molecule has 0 N–H and O–H groups in total. The molecule has 0 radical (unpaired) electrons. The fraction of sp³-hybridized carbons (Fsp3) is 0.778. The highest BCUT2D eigenvalue weighted by atomic mass is 19.3. The fourth-order valence-electron chi connectivity index (χ4n) is 1.18. The van der Waals surface area contributed by atoms with Crippen molar-refractivity contribution in [3.63, 3.8) is 0 Å². The van der Waals surface area contributed by atoms with E-state index in [1.54, 1.807) is 6.92 Å². The molecule has 15 heavy (non-hydrogen) atoms. The Morgan fingerprint density at radius 3 is 2.60 bits per heavy atom. The van der Waals surface area contributed by atoms with Crippen LogP contribution in [-0.4, -0.2) is 30.1 Å². The lowest BCUT2D eigenvalue weighted by molar-refractivity contribution is -0.190. The van der Waals surface area contributed by atoms with E-state index in [1.165, 1.54) is 0 Å². The van der Waals surface area contributed by atoms with Crippen molar-refractivity contribution >= 4 is 11.9 Å². The fourth-order valence-corrected chi connectivity index (χ4v) is 1.18. The van der Waals surface area contributed by atoms with Crippen LogP contribution in [0.2, 0.25) is 0 Å². The maximum atomic E-state index is 12.4. The van der Waals surface area contributed by atoms with Crippen LogP contribution in [0, 0.1) is 0 Å². The Hall–Kier alpha value is -1.20. The van der Waals surface area contributed by atoms with Gasteiger partial charge in [0.1, 0.15) is 0 Å². The Kier molecular flexibility index (Phi) is 3.26. The van der Waals surface area contributed by atoms with Gasteiger partial charge in [0.05, 0.1) is 6.10 Å². The number of esters is 2. The van der Waals surface area contributed by atoms with Crippen LogP contribution in [0.25, 0.3) is 0 Å². The summed E-state index contributed by atoms with van der Waals surface area (Å²) in [4.78, 5) is 21.9. The molecular weight excluding hydrogens is 210 g/mol. The van der Waals surface area contributed by atoms with Crippen LogP contribution in [0.15, 0.2) is 0 Å². The molecule has 2 unspecified atom stereocenters. The molecule has 0 aromatic rings. The van der Waals surface area contributed by atoms with Crippen LogP contribution in [0.4, 0.5) is 8.78 Å². The summed E-state index contributed by atoms with van der Waals surface area (Å²) < 4.78 is 34.0. The zero-order chi connectivity index (χ0) is 11.6. The molecule has 4 nitrogen and oxygen atoms in total. The standard InChI is InChI=1S/C9H12F2O4/c1-5-3-4-6(7(12)14-5)15-8(13)9(2,10)11/h5-6H,3-4H2,1-2H3. The molecule has 0 amide bonds. The average molecular weight is 222 g/mol. The minimum atomic E-state index is -3.58. The van der Waals surface area contributed by atoms with E-state index < -0.39 is 24.0 Å². The molecule has 1 heterocycles. The monoisotopic (exact) mass is 222 g/mol. The van der Waals surface area contributed by atoms with Gasteiger partial charge >= 0.3 is 17.9 Å². The largest absolute Gasteiger partial charge is 0.460 e. The van der Waals surface area contributed by atoms with Gasteiger partial charge < -0.3 is 9.47 Å². The lowest BCUT2D eigenvalue weighted by atomic mass is 10.1. The molecule has 0 aromatic carbocycles. The molecule has 0 spiro atoms. The first-order chi connectivity index (χ1) is 6.80. The first-order valence-corrected chi connectivity index (χ1v) is 4.60. The van der Waals surface area contributed by atoms with Crippen molar-refractivity contribution in [3.05, 3.63) is 0 Å². The van der Waals surface area contributed by atoms with Gasteiger partial charge in [-0.1, -0.05) is 0 Å². The predicted molar refractivity (Wildman–Crippen MR) is 45.3 cm³/mol. The molecule has 6 heteroatoms. The highest BCUT2D eigenvalue weighted by Gasteiger charge is 2.39. The first-order valence-electron chi connectivity index (χ1n) is 4.60. The summed E-state index contributed by atoms with van der Waals surface area (Å²) in [5.41, 5.74) is 0. The highest BCUT2D eigenvalue weighted by Crippen LogP contribution is 2.21. The second-order valence-electron chi connectivity index (χ2n) is 3.61. The summed E-state index contributed by atoms with van der Waals surface area (Å²) >= 11 is 0. The van der Waals surface area contributed by atoms with Gasteiger partial charge in [-0.25, -0.2) is 9.59 Å². The molecule has 1 aliphatic heterocycles. The minimum absolute atomic E-state index is 0.224. The van der Waals surface area contributed by atoms with E-state index in [0.29, 0.717) is 13.3 Å². The van der Waals surface area contributed by atoms with Gasteiger partial charge in [-0.15, -0.1) is 0 Å². The predicted octanol–water partition coefficient (Wildman–Crippen LogP) is 1.28.